The average Bonchev–Trinajstić information content (AvgIpc) is 2.93. The first kappa shape index (κ1) is 10.0. The van der Waals surface area contributed by atoms with Crippen molar-refractivity contribution in [2.45, 2.75) is 0 Å². The second-order valence-electron chi connectivity index (χ2n) is 5.74. The average molecular weight is 263 g/mol. The summed E-state index contributed by atoms with van der Waals surface area (Å²) in [5, 5.41) is 10.3. The summed E-state index contributed by atoms with van der Waals surface area (Å²) in [6.45, 7) is 0. The molecule has 6 aromatic rings. The Bertz CT molecular complexity index is 1170. The highest BCUT2D eigenvalue weighted by Crippen LogP contribution is 2.44. The predicted octanol–water partition coefficient (Wildman–Crippen LogP) is 5.26. The Balaban J connectivity index is 2.23. The van der Waals surface area contributed by atoms with E-state index in [0.717, 1.165) is 5.52 Å². The summed E-state index contributed by atoms with van der Waals surface area (Å²) >= 11 is 0. The van der Waals surface area contributed by atoms with Crippen molar-refractivity contribution in [3.8, 4) is 0 Å². The second-order valence-corrected chi connectivity index (χ2v) is 5.74. The molecule has 0 saturated carbocycles. The van der Waals surface area contributed by atoms with Gasteiger partial charge in [-0.05, 0) is 45.1 Å². The van der Waals surface area contributed by atoms with Crippen molar-refractivity contribution in [2.24, 2.45) is 0 Å². The van der Waals surface area contributed by atoms with Crippen LogP contribution < -0.4 is 0 Å². The standard InChI is InChI=1S/C20H9N/c1-3-11-7-9-15-19-17(11)13(5-1)14-6-2-4-12-8-10-16(21-15)20(19)18(12)14/h1-5,7-8,10,21H. The first-order valence-corrected chi connectivity index (χ1v) is 7.14. The third-order valence-corrected chi connectivity index (χ3v) is 4.73. The molecule has 0 aliphatic heterocycles. The molecule has 0 unspecified atom stereocenters. The van der Waals surface area contributed by atoms with Crippen molar-refractivity contribution < 1.29 is 0 Å². The van der Waals surface area contributed by atoms with Gasteiger partial charge >= 0.3 is 0 Å². The van der Waals surface area contributed by atoms with Gasteiger partial charge < -0.3 is 4.98 Å². The molecular formula is C20H9N. The number of aromatic nitrogens is 1. The zero-order valence-corrected chi connectivity index (χ0v) is 11.1. The summed E-state index contributed by atoms with van der Waals surface area (Å²) in [6.07, 6.45) is 0. The Hall–Kier alpha value is -2.80. The summed E-state index contributed by atoms with van der Waals surface area (Å²) in [6, 6.07) is 24.0. The van der Waals surface area contributed by atoms with Gasteiger partial charge in [0.15, 0.2) is 0 Å². The van der Waals surface area contributed by atoms with Gasteiger partial charge in [0.2, 0.25) is 0 Å². The van der Waals surface area contributed by atoms with Crippen LogP contribution in [-0.4, -0.2) is 4.98 Å². The molecule has 0 aliphatic carbocycles. The molecular weight excluding hydrogens is 254 g/mol. The van der Waals surface area contributed by atoms with Crippen molar-refractivity contribution >= 4 is 54.1 Å². The van der Waals surface area contributed by atoms with Crippen LogP contribution in [0.1, 0.15) is 0 Å². The maximum atomic E-state index is 3.52. The smallest absolute Gasteiger partial charge is 0.0552 e. The highest BCUT2D eigenvalue weighted by molar-refractivity contribution is 6.39. The molecule has 0 spiro atoms. The van der Waals surface area contributed by atoms with Gasteiger partial charge in [-0.15, -0.1) is 0 Å². The maximum absolute atomic E-state index is 3.52. The van der Waals surface area contributed by atoms with Gasteiger partial charge in [-0.25, -0.2) is 0 Å². The Labute approximate surface area is 120 Å². The Kier molecular flexibility index (Phi) is 1.47. The van der Waals surface area contributed by atoms with Crippen LogP contribution in [0, 0.1) is 12.1 Å². The van der Waals surface area contributed by atoms with Crippen molar-refractivity contribution in [3.63, 3.8) is 0 Å². The van der Waals surface area contributed by atoms with Gasteiger partial charge in [-0.3, -0.25) is 0 Å². The molecule has 1 aromatic heterocycles. The lowest BCUT2D eigenvalue weighted by molar-refractivity contribution is 1.55. The lowest BCUT2D eigenvalue weighted by Crippen LogP contribution is -1.85. The number of aromatic amines is 1. The van der Waals surface area contributed by atoms with Crippen LogP contribution in [0.25, 0.3) is 54.1 Å². The lowest BCUT2D eigenvalue weighted by Gasteiger charge is -2.12. The Morgan fingerprint density at radius 1 is 0.762 bits per heavy atom. The Morgan fingerprint density at radius 3 is 2.76 bits per heavy atom. The van der Waals surface area contributed by atoms with Crippen molar-refractivity contribution in [1.29, 1.82) is 0 Å². The highest BCUT2D eigenvalue weighted by atomic mass is 14.7. The zero-order valence-electron chi connectivity index (χ0n) is 11.1. The SMILES string of the molecule is [c]1cc2cccc3c4[c]ccc5ccc6[nH]c1c(c23)c6c54. The molecule has 1 heteroatoms. The molecule has 0 aliphatic rings. The van der Waals surface area contributed by atoms with Crippen LogP contribution in [0.4, 0.5) is 0 Å². The molecule has 1 heterocycles. The van der Waals surface area contributed by atoms with Gasteiger partial charge in [0.1, 0.15) is 0 Å². The van der Waals surface area contributed by atoms with E-state index in [-0.39, 0.29) is 0 Å². The number of hydrogen-bond acceptors (Lipinski definition) is 0. The summed E-state index contributed by atoms with van der Waals surface area (Å²) < 4.78 is 0. The van der Waals surface area contributed by atoms with Gasteiger partial charge in [-0.2, -0.15) is 0 Å². The van der Waals surface area contributed by atoms with E-state index in [1.165, 1.54) is 48.6 Å². The third kappa shape index (κ3) is 0.995. The monoisotopic (exact) mass is 263 g/mol. The van der Waals surface area contributed by atoms with E-state index in [4.69, 9.17) is 0 Å². The van der Waals surface area contributed by atoms with Crippen LogP contribution in [-0.2, 0) is 0 Å². The maximum Gasteiger partial charge on any atom is 0.0552 e. The summed E-state index contributed by atoms with van der Waals surface area (Å²) in [4.78, 5) is 3.52. The van der Waals surface area contributed by atoms with Gasteiger partial charge in [0.25, 0.3) is 0 Å². The molecule has 0 amide bonds. The van der Waals surface area contributed by atoms with Crippen LogP contribution in [0.2, 0.25) is 0 Å². The fraction of sp³-hybridized carbons (Fsp3) is 0. The van der Waals surface area contributed by atoms with Crippen LogP contribution in [0.3, 0.4) is 0 Å². The molecule has 1 N–H and O–H groups in total. The minimum atomic E-state index is 1.10. The molecule has 5 aromatic carbocycles. The molecule has 0 bridgehead atoms. The number of hydrogen-bond donors (Lipinski definition) is 1. The van der Waals surface area contributed by atoms with E-state index in [1.54, 1.807) is 0 Å². The second kappa shape index (κ2) is 3.09. The summed E-state index contributed by atoms with van der Waals surface area (Å²) in [5.74, 6) is 0. The van der Waals surface area contributed by atoms with Gasteiger partial charge in [-0.1, -0.05) is 36.4 Å². The number of fused-ring (bicyclic) bond motifs is 1. The third-order valence-electron chi connectivity index (χ3n) is 4.73. The van der Waals surface area contributed by atoms with Crippen LogP contribution in [0.5, 0.6) is 0 Å². The van der Waals surface area contributed by atoms with E-state index < -0.39 is 0 Å². The van der Waals surface area contributed by atoms with Crippen LogP contribution in [0.15, 0.2) is 48.5 Å². The molecule has 1 nitrogen and oxygen atoms in total. The van der Waals surface area contributed by atoms with Crippen LogP contribution >= 0.6 is 0 Å². The van der Waals surface area contributed by atoms with E-state index in [0.29, 0.717) is 0 Å². The lowest BCUT2D eigenvalue weighted by atomic mass is 9.90. The van der Waals surface area contributed by atoms with Crippen molar-refractivity contribution in [1.82, 2.24) is 4.98 Å². The predicted molar refractivity (Wildman–Crippen MR) is 88.4 cm³/mol. The summed E-state index contributed by atoms with van der Waals surface area (Å²) in [7, 11) is 0. The topological polar surface area (TPSA) is 15.8 Å². The summed E-state index contributed by atoms with van der Waals surface area (Å²) in [5.41, 5.74) is 2.29. The molecule has 0 atom stereocenters. The molecule has 6 rings (SSSR count). The van der Waals surface area contributed by atoms with E-state index >= 15 is 0 Å². The fourth-order valence-corrected chi connectivity index (χ4v) is 3.90. The van der Waals surface area contributed by atoms with E-state index in [2.05, 4.69) is 59.6 Å². The van der Waals surface area contributed by atoms with Crippen molar-refractivity contribution in [3.05, 3.63) is 60.7 Å². The first-order valence-electron chi connectivity index (χ1n) is 7.14. The Morgan fingerprint density at radius 2 is 1.76 bits per heavy atom. The minimum Gasteiger partial charge on any atom is -0.354 e. The van der Waals surface area contributed by atoms with Gasteiger partial charge in [0.05, 0.1) is 5.52 Å². The molecule has 94 valence electrons. The molecule has 0 saturated heterocycles. The molecule has 2 radical (unpaired) electrons. The quantitative estimate of drug-likeness (QED) is 0.284. The molecule has 21 heavy (non-hydrogen) atoms. The minimum absolute atomic E-state index is 1.10. The fourth-order valence-electron chi connectivity index (χ4n) is 3.90. The molecule has 0 fully saturated rings. The van der Waals surface area contributed by atoms with Gasteiger partial charge in [0, 0.05) is 27.7 Å². The number of rotatable bonds is 0. The largest absolute Gasteiger partial charge is 0.354 e. The van der Waals surface area contributed by atoms with Crippen molar-refractivity contribution in [2.75, 3.05) is 0 Å². The van der Waals surface area contributed by atoms with E-state index in [9.17, 15) is 0 Å². The normalized spacial score (nSPS) is 12.8. The number of H-pyrrole nitrogens is 1. The highest BCUT2D eigenvalue weighted by Gasteiger charge is 2.17. The number of benzene rings is 5. The van der Waals surface area contributed by atoms with E-state index in [1.807, 2.05) is 6.07 Å². The first-order chi connectivity index (χ1) is 10.4. The zero-order chi connectivity index (χ0) is 13.6. The number of nitrogens with one attached hydrogen (secondary N) is 1.